The van der Waals surface area contributed by atoms with Gasteiger partial charge in [0.2, 0.25) is 5.89 Å². The molecule has 1 aromatic heterocycles. The summed E-state index contributed by atoms with van der Waals surface area (Å²) in [6, 6.07) is 7.85. The molecule has 0 aliphatic carbocycles. The van der Waals surface area contributed by atoms with Gasteiger partial charge in [-0.2, -0.15) is 0 Å². The van der Waals surface area contributed by atoms with E-state index >= 15 is 0 Å². The zero-order valence-electron chi connectivity index (χ0n) is 17.7. The molecule has 2 N–H and O–H groups in total. The molecule has 1 saturated heterocycles. The molecule has 1 fully saturated rings. The number of halogens is 1. The summed E-state index contributed by atoms with van der Waals surface area (Å²) in [4.78, 5) is 11.6. The fourth-order valence-corrected chi connectivity index (χ4v) is 3.72. The monoisotopic (exact) mass is 417 g/mol. The van der Waals surface area contributed by atoms with E-state index in [9.17, 15) is 0 Å². The Morgan fingerprint density at radius 3 is 2.66 bits per heavy atom. The van der Waals surface area contributed by atoms with Crippen LogP contribution in [0.15, 0.2) is 33.7 Å². The molecule has 29 heavy (non-hydrogen) atoms. The summed E-state index contributed by atoms with van der Waals surface area (Å²) in [6.45, 7) is 11.3. The highest BCUT2D eigenvalue weighted by Crippen LogP contribution is 2.19. The van der Waals surface area contributed by atoms with Crippen molar-refractivity contribution in [3.05, 3.63) is 52.2 Å². The second-order valence-electron chi connectivity index (χ2n) is 7.64. The normalized spacial score (nSPS) is 16.2. The Morgan fingerprint density at radius 1 is 1.24 bits per heavy atom. The van der Waals surface area contributed by atoms with Crippen molar-refractivity contribution in [2.24, 2.45) is 10.9 Å². The summed E-state index contributed by atoms with van der Waals surface area (Å²) in [7, 11) is 0. The number of benzene rings is 1. The Kier molecular flexibility index (Phi) is 7.95. The van der Waals surface area contributed by atoms with Crippen molar-refractivity contribution in [2.75, 3.05) is 26.2 Å². The smallest absolute Gasteiger partial charge is 0.208 e. The van der Waals surface area contributed by atoms with Crippen LogP contribution in [0.2, 0.25) is 5.02 Å². The van der Waals surface area contributed by atoms with Crippen molar-refractivity contribution in [3.8, 4) is 0 Å². The molecule has 7 heteroatoms. The molecule has 0 atom stereocenters. The minimum Gasteiger partial charge on any atom is -0.444 e. The number of aryl methyl sites for hydroxylation is 2. The molecule has 2 heterocycles. The molecule has 0 saturated carbocycles. The highest BCUT2D eigenvalue weighted by molar-refractivity contribution is 6.31. The summed E-state index contributed by atoms with van der Waals surface area (Å²) in [6.07, 6.45) is 2.32. The van der Waals surface area contributed by atoms with Gasteiger partial charge in [-0.15, -0.1) is 0 Å². The Morgan fingerprint density at radius 2 is 2.00 bits per heavy atom. The predicted molar refractivity (Wildman–Crippen MR) is 118 cm³/mol. The number of nitrogens with one attached hydrogen (secondary N) is 2. The van der Waals surface area contributed by atoms with Crippen LogP contribution < -0.4 is 10.6 Å². The number of piperidine rings is 1. The van der Waals surface area contributed by atoms with Gasteiger partial charge in [0.05, 0.1) is 18.8 Å². The SMILES string of the molecule is CCNC(=NCc1ccccc1Cl)NCC1CCN(Cc2nc(C)c(C)o2)CC1. The number of hydrogen-bond acceptors (Lipinski definition) is 4. The van der Waals surface area contributed by atoms with E-state index in [1.807, 2.05) is 38.1 Å². The third kappa shape index (κ3) is 6.47. The van der Waals surface area contributed by atoms with E-state index in [0.717, 1.165) is 79.5 Å². The number of likely N-dealkylation sites (tertiary alicyclic amines) is 1. The number of aliphatic imine (C=N–C) groups is 1. The van der Waals surface area contributed by atoms with Gasteiger partial charge < -0.3 is 15.1 Å². The first-order valence-electron chi connectivity index (χ1n) is 10.5. The first-order chi connectivity index (χ1) is 14.0. The molecule has 2 aromatic rings. The standard InChI is InChI=1S/C22H32ClN5O/c1-4-24-22(26-14-19-7-5-6-8-20(19)23)25-13-18-9-11-28(12-10-18)15-21-27-16(2)17(3)29-21/h5-8,18H,4,9-15H2,1-3H3,(H2,24,25,26). The van der Waals surface area contributed by atoms with Crippen LogP contribution in [0, 0.1) is 19.8 Å². The summed E-state index contributed by atoms with van der Waals surface area (Å²) in [5, 5.41) is 7.59. The average Bonchev–Trinajstić information content (AvgIpc) is 3.03. The van der Waals surface area contributed by atoms with Crippen LogP contribution in [-0.2, 0) is 13.1 Å². The van der Waals surface area contributed by atoms with Gasteiger partial charge in [-0.25, -0.2) is 9.98 Å². The Hall–Kier alpha value is -2.05. The largest absolute Gasteiger partial charge is 0.444 e. The van der Waals surface area contributed by atoms with Gasteiger partial charge in [-0.05, 0) is 64.3 Å². The highest BCUT2D eigenvalue weighted by atomic mass is 35.5. The third-order valence-corrected chi connectivity index (χ3v) is 5.78. The summed E-state index contributed by atoms with van der Waals surface area (Å²) < 4.78 is 5.72. The molecule has 3 rings (SSSR count). The van der Waals surface area contributed by atoms with Gasteiger partial charge in [-0.1, -0.05) is 29.8 Å². The molecule has 0 unspecified atom stereocenters. The fourth-order valence-electron chi connectivity index (χ4n) is 3.52. The molecule has 1 aliphatic heterocycles. The number of hydrogen-bond donors (Lipinski definition) is 2. The summed E-state index contributed by atoms with van der Waals surface area (Å²) >= 11 is 6.24. The minimum atomic E-state index is 0.572. The quantitative estimate of drug-likeness (QED) is 0.528. The molecule has 6 nitrogen and oxygen atoms in total. The summed E-state index contributed by atoms with van der Waals surface area (Å²) in [5.74, 6) is 3.24. The lowest BCUT2D eigenvalue weighted by atomic mass is 9.97. The average molecular weight is 418 g/mol. The molecule has 0 spiro atoms. The molecule has 0 bridgehead atoms. The van der Waals surface area contributed by atoms with Crippen molar-refractivity contribution >= 4 is 17.6 Å². The van der Waals surface area contributed by atoms with E-state index in [4.69, 9.17) is 16.0 Å². The van der Waals surface area contributed by atoms with Gasteiger partial charge in [0.15, 0.2) is 5.96 Å². The Bertz CT molecular complexity index is 792. The van der Waals surface area contributed by atoms with Crippen molar-refractivity contribution in [1.29, 1.82) is 0 Å². The van der Waals surface area contributed by atoms with Gasteiger partial charge in [-0.3, -0.25) is 4.90 Å². The predicted octanol–water partition coefficient (Wildman–Crippen LogP) is 3.91. The van der Waals surface area contributed by atoms with E-state index < -0.39 is 0 Å². The van der Waals surface area contributed by atoms with E-state index in [1.165, 1.54) is 0 Å². The van der Waals surface area contributed by atoms with Crippen LogP contribution in [0.5, 0.6) is 0 Å². The third-order valence-electron chi connectivity index (χ3n) is 5.41. The lowest BCUT2D eigenvalue weighted by Gasteiger charge is -2.31. The van der Waals surface area contributed by atoms with Crippen LogP contribution >= 0.6 is 11.6 Å². The van der Waals surface area contributed by atoms with Gasteiger partial charge in [0.1, 0.15) is 5.76 Å². The van der Waals surface area contributed by atoms with E-state index in [2.05, 4.69) is 32.4 Å². The van der Waals surface area contributed by atoms with Crippen LogP contribution in [0.1, 0.15) is 42.7 Å². The van der Waals surface area contributed by atoms with Crippen LogP contribution in [-0.4, -0.2) is 42.0 Å². The fraction of sp³-hybridized carbons (Fsp3) is 0.545. The van der Waals surface area contributed by atoms with Crippen molar-refractivity contribution in [2.45, 2.75) is 46.7 Å². The first-order valence-corrected chi connectivity index (χ1v) is 10.8. The molecule has 0 radical (unpaired) electrons. The van der Waals surface area contributed by atoms with E-state index in [-0.39, 0.29) is 0 Å². The molecular weight excluding hydrogens is 386 g/mol. The Labute approximate surface area is 178 Å². The second-order valence-corrected chi connectivity index (χ2v) is 8.04. The van der Waals surface area contributed by atoms with Gasteiger partial charge in [0.25, 0.3) is 0 Å². The van der Waals surface area contributed by atoms with Gasteiger partial charge >= 0.3 is 0 Å². The van der Waals surface area contributed by atoms with Crippen LogP contribution in [0.3, 0.4) is 0 Å². The van der Waals surface area contributed by atoms with Crippen molar-refractivity contribution in [1.82, 2.24) is 20.5 Å². The number of nitrogens with zero attached hydrogens (tertiary/aromatic N) is 3. The maximum atomic E-state index is 6.24. The zero-order valence-corrected chi connectivity index (χ0v) is 18.4. The maximum absolute atomic E-state index is 6.24. The first kappa shape index (κ1) is 21.7. The molecular formula is C22H32ClN5O. The number of guanidine groups is 1. The lowest BCUT2D eigenvalue weighted by Crippen LogP contribution is -2.42. The van der Waals surface area contributed by atoms with Crippen molar-refractivity contribution in [3.63, 3.8) is 0 Å². The van der Waals surface area contributed by atoms with E-state index in [1.54, 1.807) is 0 Å². The maximum Gasteiger partial charge on any atom is 0.208 e. The molecule has 158 valence electrons. The second kappa shape index (κ2) is 10.6. The zero-order chi connectivity index (χ0) is 20.6. The molecule has 0 amide bonds. The Balaban J connectivity index is 1.44. The number of oxazole rings is 1. The number of rotatable bonds is 7. The van der Waals surface area contributed by atoms with E-state index in [0.29, 0.717) is 12.5 Å². The van der Waals surface area contributed by atoms with Crippen LogP contribution in [0.4, 0.5) is 0 Å². The summed E-state index contributed by atoms with van der Waals surface area (Å²) in [5.41, 5.74) is 2.03. The highest BCUT2D eigenvalue weighted by Gasteiger charge is 2.21. The molecule has 1 aliphatic rings. The minimum absolute atomic E-state index is 0.572. The van der Waals surface area contributed by atoms with Crippen molar-refractivity contribution < 1.29 is 4.42 Å². The lowest BCUT2D eigenvalue weighted by molar-refractivity contribution is 0.164. The molecule has 1 aromatic carbocycles. The van der Waals surface area contributed by atoms with Gasteiger partial charge in [0, 0.05) is 18.1 Å². The number of aromatic nitrogens is 1. The topological polar surface area (TPSA) is 65.7 Å². The van der Waals surface area contributed by atoms with Crippen LogP contribution in [0.25, 0.3) is 0 Å².